The number of hydrogen-bond donors (Lipinski definition) is 3. The molecule has 0 atom stereocenters. The third kappa shape index (κ3) is 5.08. The summed E-state index contributed by atoms with van der Waals surface area (Å²) in [6.07, 6.45) is 2.30. The van der Waals surface area contributed by atoms with Crippen molar-refractivity contribution in [3.05, 3.63) is 22.5 Å². The van der Waals surface area contributed by atoms with Crippen molar-refractivity contribution in [3.8, 4) is 0 Å². The summed E-state index contributed by atoms with van der Waals surface area (Å²) in [4.78, 5) is 0. The number of allylic oxidation sites excluding steroid dienone is 2. The Balaban J connectivity index is 2.24. The molecule has 27 heavy (non-hydrogen) atoms. The number of rotatable bonds is 5. The van der Waals surface area contributed by atoms with Gasteiger partial charge in [0.15, 0.2) is 0 Å². The Labute approximate surface area is 167 Å². The molecule has 0 bridgehead atoms. The zero-order chi connectivity index (χ0) is 20.7. The van der Waals surface area contributed by atoms with E-state index in [1.54, 1.807) is 0 Å². The molecule has 2 heterocycles. The van der Waals surface area contributed by atoms with Crippen molar-refractivity contribution >= 4 is 0 Å². The fraction of sp³-hybridized carbons (Fsp3) is 0.826. The van der Waals surface area contributed by atoms with Crippen LogP contribution in [-0.4, -0.2) is 19.9 Å². The molecule has 156 valence electrons. The van der Waals surface area contributed by atoms with Gasteiger partial charge >= 0.3 is 0 Å². The van der Waals surface area contributed by atoms with Crippen LogP contribution in [-0.2, 0) is 4.74 Å². The minimum Gasteiger partial charge on any atom is -0.366 e. The summed E-state index contributed by atoms with van der Waals surface area (Å²) in [5, 5.41) is 3.58. The molecule has 3 N–H and O–H groups in total. The van der Waals surface area contributed by atoms with Crippen molar-refractivity contribution in [2.75, 3.05) is 19.9 Å². The van der Waals surface area contributed by atoms with E-state index in [2.05, 4.69) is 85.4 Å². The van der Waals surface area contributed by atoms with Crippen LogP contribution in [0.2, 0.25) is 0 Å². The topological polar surface area (TPSA) is 45.3 Å². The van der Waals surface area contributed by atoms with Gasteiger partial charge in [-0.1, -0.05) is 69.2 Å². The molecule has 4 heteroatoms. The Morgan fingerprint density at radius 2 is 1.33 bits per heavy atom. The van der Waals surface area contributed by atoms with Gasteiger partial charge < -0.3 is 15.5 Å². The van der Waals surface area contributed by atoms with Gasteiger partial charge in [0.05, 0.1) is 6.61 Å². The first-order valence-electron chi connectivity index (χ1n) is 10.4. The standard InChI is InChI=1S/C23H43N3O/c1-20(2,3)17-14-27-15-24-19(17)23(9,10)12-11-22(7,8)16-13-25-26-18(16)21(4,5)6/h24-26H,11-15H2,1-10H3. The second kappa shape index (κ2) is 7.44. The molecule has 0 saturated carbocycles. The van der Waals surface area contributed by atoms with Crippen molar-refractivity contribution in [2.45, 2.75) is 82.1 Å². The van der Waals surface area contributed by atoms with E-state index in [1.807, 2.05) is 0 Å². The predicted octanol–water partition coefficient (Wildman–Crippen LogP) is 5.10. The summed E-state index contributed by atoms with van der Waals surface area (Å²) in [6, 6.07) is 0. The highest BCUT2D eigenvalue weighted by Crippen LogP contribution is 2.45. The minimum atomic E-state index is 0.103. The van der Waals surface area contributed by atoms with Gasteiger partial charge in [0.2, 0.25) is 0 Å². The number of nitrogens with one attached hydrogen (secondary N) is 3. The van der Waals surface area contributed by atoms with E-state index in [9.17, 15) is 0 Å². The first kappa shape index (κ1) is 22.3. The maximum absolute atomic E-state index is 5.72. The van der Waals surface area contributed by atoms with E-state index in [1.165, 1.54) is 22.5 Å². The van der Waals surface area contributed by atoms with E-state index in [-0.39, 0.29) is 21.7 Å². The summed E-state index contributed by atoms with van der Waals surface area (Å²) < 4.78 is 5.72. The van der Waals surface area contributed by atoms with E-state index in [0.717, 1.165) is 26.0 Å². The average Bonchev–Trinajstić information content (AvgIpc) is 3.03. The summed E-state index contributed by atoms with van der Waals surface area (Å²) in [6.45, 7) is 25.6. The van der Waals surface area contributed by atoms with Crippen LogP contribution in [0, 0.1) is 21.7 Å². The van der Waals surface area contributed by atoms with Crippen molar-refractivity contribution in [2.24, 2.45) is 21.7 Å². The normalized spacial score (nSPS) is 20.1. The summed E-state index contributed by atoms with van der Waals surface area (Å²) in [5.41, 5.74) is 13.0. The summed E-state index contributed by atoms with van der Waals surface area (Å²) >= 11 is 0. The van der Waals surface area contributed by atoms with Gasteiger partial charge in [-0.2, -0.15) is 0 Å². The van der Waals surface area contributed by atoms with Gasteiger partial charge in [0, 0.05) is 28.8 Å². The van der Waals surface area contributed by atoms with Crippen LogP contribution < -0.4 is 16.2 Å². The van der Waals surface area contributed by atoms with E-state index < -0.39 is 0 Å². The van der Waals surface area contributed by atoms with Gasteiger partial charge in [0.25, 0.3) is 0 Å². The zero-order valence-corrected chi connectivity index (χ0v) is 19.4. The maximum atomic E-state index is 5.72. The quantitative estimate of drug-likeness (QED) is 0.623. The highest BCUT2D eigenvalue weighted by atomic mass is 16.5. The predicted molar refractivity (Wildman–Crippen MR) is 115 cm³/mol. The third-order valence-electron chi connectivity index (χ3n) is 6.20. The SMILES string of the molecule is CC(C)(C)C1=C(C(C)(C)CCC(C)(C)C2=C(C(C)(C)C)NNC2)NCOC1. The molecule has 0 fully saturated rings. The fourth-order valence-electron chi connectivity index (χ4n) is 4.20. The second-order valence-electron chi connectivity index (χ2n) is 11.6. The molecule has 2 aliphatic heterocycles. The number of ether oxygens (including phenoxy) is 1. The van der Waals surface area contributed by atoms with Gasteiger partial charge in [-0.25, -0.2) is 5.43 Å². The highest BCUT2D eigenvalue weighted by molar-refractivity contribution is 5.29. The molecule has 0 aliphatic carbocycles. The van der Waals surface area contributed by atoms with Crippen LogP contribution in [0.25, 0.3) is 0 Å². The van der Waals surface area contributed by atoms with Crippen LogP contribution in [0.15, 0.2) is 22.5 Å². The lowest BCUT2D eigenvalue weighted by molar-refractivity contribution is 0.101. The molecule has 0 amide bonds. The van der Waals surface area contributed by atoms with Crippen LogP contribution >= 0.6 is 0 Å². The van der Waals surface area contributed by atoms with Crippen molar-refractivity contribution in [3.63, 3.8) is 0 Å². The first-order chi connectivity index (χ1) is 12.2. The fourth-order valence-corrected chi connectivity index (χ4v) is 4.20. The third-order valence-corrected chi connectivity index (χ3v) is 6.20. The molecular formula is C23H43N3O. The zero-order valence-electron chi connectivity index (χ0n) is 19.4. The molecule has 0 unspecified atom stereocenters. The molecule has 0 aromatic carbocycles. The Morgan fingerprint density at radius 1 is 0.741 bits per heavy atom. The van der Waals surface area contributed by atoms with E-state index in [0.29, 0.717) is 6.73 Å². The number of hydrazine groups is 1. The Morgan fingerprint density at radius 3 is 1.89 bits per heavy atom. The summed E-state index contributed by atoms with van der Waals surface area (Å²) in [5.74, 6) is 0. The monoisotopic (exact) mass is 377 g/mol. The van der Waals surface area contributed by atoms with Crippen LogP contribution in [0.5, 0.6) is 0 Å². The maximum Gasteiger partial charge on any atom is 0.116 e. The molecule has 0 radical (unpaired) electrons. The molecule has 0 aromatic heterocycles. The van der Waals surface area contributed by atoms with Crippen LogP contribution in [0.4, 0.5) is 0 Å². The lowest BCUT2D eigenvalue weighted by Gasteiger charge is -2.40. The number of hydrogen-bond acceptors (Lipinski definition) is 4. The molecule has 4 nitrogen and oxygen atoms in total. The minimum absolute atomic E-state index is 0.103. The van der Waals surface area contributed by atoms with E-state index >= 15 is 0 Å². The molecule has 0 saturated heterocycles. The summed E-state index contributed by atoms with van der Waals surface area (Å²) in [7, 11) is 0. The Kier molecular flexibility index (Phi) is 6.14. The average molecular weight is 378 g/mol. The van der Waals surface area contributed by atoms with Crippen molar-refractivity contribution in [1.29, 1.82) is 0 Å². The van der Waals surface area contributed by atoms with E-state index in [4.69, 9.17) is 4.74 Å². The highest BCUT2D eigenvalue weighted by Gasteiger charge is 2.37. The van der Waals surface area contributed by atoms with Crippen LogP contribution in [0.3, 0.4) is 0 Å². The van der Waals surface area contributed by atoms with Gasteiger partial charge in [-0.15, -0.1) is 0 Å². The Hall–Kier alpha value is -1.00. The second-order valence-corrected chi connectivity index (χ2v) is 11.6. The smallest absolute Gasteiger partial charge is 0.116 e. The lowest BCUT2D eigenvalue weighted by Crippen LogP contribution is -2.39. The largest absolute Gasteiger partial charge is 0.366 e. The van der Waals surface area contributed by atoms with Crippen molar-refractivity contribution < 1.29 is 4.74 Å². The first-order valence-corrected chi connectivity index (χ1v) is 10.4. The van der Waals surface area contributed by atoms with Gasteiger partial charge in [-0.3, -0.25) is 0 Å². The molecule has 2 rings (SSSR count). The van der Waals surface area contributed by atoms with Gasteiger partial charge in [0.1, 0.15) is 6.73 Å². The van der Waals surface area contributed by atoms with Crippen molar-refractivity contribution in [1.82, 2.24) is 16.2 Å². The van der Waals surface area contributed by atoms with Crippen LogP contribution in [0.1, 0.15) is 82.1 Å². The molecule has 2 aliphatic rings. The molecule has 0 aromatic rings. The lowest BCUT2D eigenvalue weighted by atomic mass is 9.70. The van der Waals surface area contributed by atoms with Gasteiger partial charge in [-0.05, 0) is 34.8 Å². The molecule has 0 spiro atoms. The Bertz CT molecular complexity index is 613. The molecular weight excluding hydrogens is 334 g/mol.